The number of nitro groups is 1. The second kappa shape index (κ2) is 3.68. The molecule has 4 rings (SSSR count). The highest BCUT2D eigenvalue weighted by Crippen LogP contribution is 2.62. The van der Waals surface area contributed by atoms with Crippen molar-refractivity contribution in [2.24, 2.45) is 17.3 Å². The molecule has 0 radical (unpaired) electrons. The zero-order chi connectivity index (χ0) is 13.0. The molecular formula is C13H19NO4. The molecule has 100 valence electrons. The van der Waals surface area contributed by atoms with E-state index >= 15 is 0 Å². The monoisotopic (exact) mass is 253 g/mol. The molecular weight excluding hydrogens is 234 g/mol. The van der Waals surface area contributed by atoms with Crippen LogP contribution in [0.3, 0.4) is 0 Å². The number of nitrogens with zero attached hydrogens (tertiary/aromatic N) is 1. The molecule has 0 aromatic carbocycles. The third kappa shape index (κ3) is 1.49. The molecule has 4 aliphatic carbocycles. The van der Waals surface area contributed by atoms with Crippen LogP contribution in [0.2, 0.25) is 0 Å². The lowest BCUT2D eigenvalue weighted by molar-refractivity contribution is -0.590. The maximum atomic E-state index is 12.2. The van der Waals surface area contributed by atoms with Crippen molar-refractivity contribution in [3.05, 3.63) is 10.1 Å². The van der Waals surface area contributed by atoms with Crippen molar-refractivity contribution in [3.63, 3.8) is 0 Å². The minimum absolute atomic E-state index is 0.113. The van der Waals surface area contributed by atoms with Gasteiger partial charge < -0.3 is 4.74 Å². The van der Waals surface area contributed by atoms with Crippen molar-refractivity contribution in [1.82, 2.24) is 0 Å². The van der Waals surface area contributed by atoms with Crippen LogP contribution in [0.4, 0.5) is 0 Å². The molecule has 5 nitrogen and oxygen atoms in total. The van der Waals surface area contributed by atoms with Gasteiger partial charge in [-0.15, -0.1) is 0 Å². The Bertz CT molecular complexity index is 392. The maximum Gasteiger partial charge on any atom is 0.312 e. The van der Waals surface area contributed by atoms with E-state index in [9.17, 15) is 14.9 Å². The number of esters is 1. The average Bonchev–Trinajstić information content (AvgIpc) is 2.27. The Morgan fingerprint density at radius 2 is 1.94 bits per heavy atom. The molecule has 0 N–H and O–H groups in total. The van der Waals surface area contributed by atoms with Crippen molar-refractivity contribution >= 4 is 5.97 Å². The van der Waals surface area contributed by atoms with Gasteiger partial charge in [-0.1, -0.05) is 0 Å². The Labute approximate surface area is 106 Å². The number of hydrogen-bond acceptors (Lipinski definition) is 4. The summed E-state index contributed by atoms with van der Waals surface area (Å²) in [6.07, 6.45) is 4.40. The molecule has 0 amide bonds. The average molecular weight is 253 g/mol. The minimum Gasteiger partial charge on any atom is -0.466 e. The maximum absolute atomic E-state index is 12.2. The summed E-state index contributed by atoms with van der Waals surface area (Å²) in [4.78, 5) is 23.5. The first-order valence-electron chi connectivity index (χ1n) is 6.81. The third-order valence-electron chi connectivity index (χ3n) is 5.13. The van der Waals surface area contributed by atoms with E-state index in [1.54, 1.807) is 6.92 Å². The SMILES string of the molecule is CCOC(=O)C12C[C@H]3C[C@@H](C1)CC([N+](=O)[O-])(C3)C2. The van der Waals surface area contributed by atoms with E-state index in [0.717, 1.165) is 19.3 Å². The van der Waals surface area contributed by atoms with Crippen LogP contribution in [-0.4, -0.2) is 23.0 Å². The molecule has 0 saturated heterocycles. The zero-order valence-electron chi connectivity index (χ0n) is 10.7. The summed E-state index contributed by atoms with van der Waals surface area (Å²) in [5, 5.41) is 11.4. The fourth-order valence-corrected chi connectivity index (χ4v) is 4.95. The van der Waals surface area contributed by atoms with Gasteiger partial charge in [0.25, 0.3) is 0 Å². The molecule has 0 aromatic rings. The molecule has 18 heavy (non-hydrogen) atoms. The molecule has 4 saturated carbocycles. The first-order chi connectivity index (χ1) is 8.50. The molecule has 0 spiro atoms. The van der Waals surface area contributed by atoms with Gasteiger partial charge in [-0.05, 0) is 38.0 Å². The fraction of sp³-hybridized carbons (Fsp3) is 0.923. The van der Waals surface area contributed by atoms with Crippen molar-refractivity contribution in [2.75, 3.05) is 6.61 Å². The van der Waals surface area contributed by atoms with Gasteiger partial charge in [0.2, 0.25) is 5.54 Å². The molecule has 0 heterocycles. The van der Waals surface area contributed by atoms with Crippen LogP contribution in [0, 0.1) is 27.4 Å². The summed E-state index contributed by atoms with van der Waals surface area (Å²) in [6, 6.07) is 0. The van der Waals surface area contributed by atoms with Crippen LogP contribution in [-0.2, 0) is 9.53 Å². The van der Waals surface area contributed by atoms with Crippen molar-refractivity contribution in [1.29, 1.82) is 0 Å². The predicted octanol–water partition coefficient (Wildman–Crippen LogP) is 2.17. The van der Waals surface area contributed by atoms with E-state index < -0.39 is 11.0 Å². The van der Waals surface area contributed by atoms with Gasteiger partial charge in [0, 0.05) is 24.2 Å². The van der Waals surface area contributed by atoms with Gasteiger partial charge >= 0.3 is 5.97 Å². The van der Waals surface area contributed by atoms with Crippen LogP contribution in [0.15, 0.2) is 0 Å². The lowest BCUT2D eigenvalue weighted by atomic mass is 9.47. The van der Waals surface area contributed by atoms with E-state index in [0.29, 0.717) is 37.7 Å². The van der Waals surface area contributed by atoms with E-state index in [2.05, 4.69) is 0 Å². The van der Waals surface area contributed by atoms with Crippen LogP contribution in [0.5, 0.6) is 0 Å². The van der Waals surface area contributed by atoms with Gasteiger partial charge in [0.1, 0.15) is 0 Å². The molecule has 4 atom stereocenters. The van der Waals surface area contributed by atoms with Gasteiger partial charge in [0.15, 0.2) is 0 Å². The fourth-order valence-electron chi connectivity index (χ4n) is 4.95. The largest absolute Gasteiger partial charge is 0.466 e. The number of rotatable bonds is 3. The summed E-state index contributed by atoms with van der Waals surface area (Å²) in [7, 11) is 0. The lowest BCUT2D eigenvalue weighted by Gasteiger charge is -2.56. The summed E-state index contributed by atoms with van der Waals surface area (Å²) in [5.74, 6) is 0.507. The quantitative estimate of drug-likeness (QED) is 0.439. The highest BCUT2D eigenvalue weighted by atomic mass is 16.6. The van der Waals surface area contributed by atoms with Gasteiger partial charge in [0.05, 0.1) is 12.0 Å². The van der Waals surface area contributed by atoms with Crippen molar-refractivity contribution in [2.45, 2.75) is 51.0 Å². The third-order valence-corrected chi connectivity index (χ3v) is 5.13. The first kappa shape index (κ1) is 11.9. The topological polar surface area (TPSA) is 69.4 Å². The highest BCUT2D eigenvalue weighted by molar-refractivity contribution is 5.77. The normalized spacial score (nSPS) is 44.9. The van der Waals surface area contributed by atoms with Gasteiger partial charge in [-0.25, -0.2) is 0 Å². The predicted molar refractivity (Wildman–Crippen MR) is 63.5 cm³/mol. The molecule has 0 aromatic heterocycles. The van der Waals surface area contributed by atoms with Crippen molar-refractivity contribution < 1.29 is 14.5 Å². The van der Waals surface area contributed by atoms with E-state index in [4.69, 9.17) is 4.74 Å². The highest BCUT2D eigenvalue weighted by Gasteiger charge is 2.66. The smallest absolute Gasteiger partial charge is 0.312 e. The molecule has 4 fully saturated rings. The van der Waals surface area contributed by atoms with Crippen molar-refractivity contribution in [3.8, 4) is 0 Å². The lowest BCUT2D eigenvalue weighted by Crippen LogP contribution is -2.61. The number of carbonyl (C=O) groups excluding carboxylic acids is 1. The van der Waals surface area contributed by atoms with E-state index in [1.165, 1.54) is 0 Å². The van der Waals surface area contributed by atoms with Crippen LogP contribution < -0.4 is 0 Å². The van der Waals surface area contributed by atoms with Crippen LogP contribution >= 0.6 is 0 Å². The molecule has 0 aliphatic heterocycles. The number of carbonyl (C=O) groups is 1. The molecule has 4 bridgehead atoms. The zero-order valence-corrected chi connectivity index (χ0v) is 10.7. The standard InChI is InChI=1S/C13H19NO4/c1-2-18-11(15)12-4-9-3-10(5-12)7-13(6-9,8-12)14(16)17/h9-10H,2-8H2,1H3/t9-,10+,12?,13?. The van der Waals surface area contributed by atoms with Crippen LogP contribution in [0.25, 0.3) is 0 Å². The summed E-state index contributed by atoms with van der Waals surface area (Å²) in [5.41, 5.74) is -1.38. The summed E-state index contributed by atoms with van der Waals surface area (Å²) in [6.45, 7) is 2.16. The summed E-state index contributed by atoms with van der Waals surface area (Å²) < 4.78 is 5.19. The second-order valence-electron chi connectivity index (χ2n) is 6.44. The van der Waals surface area contributed by atoms with Crippen LogP contribution in [0.1, 0.15) is 45.4 Å². The molecule has 4 aliphatic rings. The summed E-state index contributed by atoms with van der Waals surface area (Å²) >= 11 is 0. The Morgan fingerprint density at radius 1 is 1.33 bits per heavy atom. The Morgan fingerprint density at radius 3 is 2.44 bits per heavy atom. The Balaban J connectivity index is 1.94. The number of hydrogen-bond donors (Lipinski definition) is 0. The minimum atomic E-state index is -0.836. The first-order valence-corrected chi connectivity index (χ1v) is 6.81. The second-order valence-corrected chi connectivity index (χ2v) is 6.44. The molecule has 2 unspecified atom stereocenters. The molecule has 5 heteroatoms. The number of ether oxygens (including phenoxy) is 1. The Kier molecular flexibility index (Phi) is 2.44. The van der Waals surface area contributed by atoms with Gasteiger partial charge in [-0.2, -0.15) is 0 Å². The van der Waals surface area contributed by atoms with Gasteiger partial charge in [-0.3, -0.25) is 14.9 Å². The van der Waals surface area contributed by atoms with E-state index in [-0.39, 0.29) is 10.9 Å². The van der Waals surface area contributed by atoms with E-state index in [1.807, 2.05) is 0 Å². The Hall–Kier alpha value is -1.13.